The number of hydrogen-bond donors (Lipinski definition) is 0. The van der Waals surface area contributed by atoms with Gasteiger partial charge in [-0.1, -0.05) is 13.0 Å². The summed E-state index contributed by atoms with van der Waals surface area (Å²) in [6.45, 7) is 6.60. The minimum absolute atomic E-state index is 0.0273. The molecule has 0 bridgehead atoms. The molecule has 7 heteroatoms. The molecule has 2 aromatic rings. The SMILES string of the molecule is CC[C@@H](C)N(CC(=O)N1CCc2sccc2[C@H]1COc1cccc(OC)c1)C(C)=O. The fourth-order valence-electron chi connectivity index (χ4n) is 3.78. The summed E-state index contributed by atoms with van der Waals surface area (Å²) in [5.41, 5.74) is 1.14. The van der Waals surface area contributed by atoms with Crippen molar-refractivity contribution >= 4 is 23.2 Å². The molecule has 2 atom stereocenters. The first-order chi connectivity index (χ1) is 14.4. The molecule has 0 spiro atoms. The normalized spacial score (nSPS) is 16.5. The smallest absolute Gasteiger partial charge is 0.242 e. The molecule has 30 heavy (non-hydrogen) atoms. The van der Waals surface area contributed by atoms with Crippen molar-refractivity contribution < 1.29 is 19.1 Å². The largest absolute Gasteiger partial charge is 0.497 e. The molecule has 0 unspecified atom stereocenters. The predicted molar refractivity (Wildman–Crippen MR) is 118 cm³/mol. The van der Waals surface area contributed by atoms with Crippen molar-refractivity contribution in [1.29, 1.82) is 0 Å². The second kappa shape index (κ2) is 9.98. The third kappa shape index (κ3) is 4.95. The van der Waals surface area contributed by atoms with Crippen LogP contribution < -0.4 is 9.47 Å². The molecule has 0 saturated carbocycles. The Kier molecular flexibility index (Phi) is 7.37. The van der Waals surface area contributed by atoms with Crippen LogP contribution in [0, 0.1) is 0 Å². The van der Waals surface area contributed by atoms with E-state index < -0.39 is 0 Å². The number of hydrogen-bond acceptors (Lipinski definition) is 5. The highest BCUT2D eigenvalue weighted by Crippen LogP contribution is 2.34. The molecule has 2 amide bonds. The molecule has 0 saturated heterocycles. The Balaban J connectivity index is 1.78. The number of rotatable bonds is 8. The topological polar surface area (TPSA) is 59.1 Å². The van der Waals surface area contributed by atoms with E-state index in [1.807, 2.05) is 43.0 Å². The molecule has 0 aliphatic carbocycles. The van der Waals surface area contributed by atoms with Crippen LogP contribution in [0.3, 0.4) is 0 Å². The van der Waals surface area contributed by atoms with E-state index in [9.17, 15) is 9.59 Å². The first-order valence-electron chi connectivity index (χ1n) is 10.3. The molecule has 6 nitrogen and oxygen atoms in total. The van der Waals surface area contributed by atoms with Crippen LogP contribution in [0.25, 0.3) is 0 Å². The number of amides is 2. The first-order valence-corrected chi connectivity index (χ1v) is 11.2. The molecule has 0 fully saturated rings. The van der Waals surface area contributed by atoms with Crippen molar-refractivity contribution in [2.45, 2.75) is 45.7 Å². The predicted octanol–water partition coefficient (Wildman–Crippen LogP) is 3.91. The summed E-state index contributed by atoms with van der Waals surface area (Å²) in [6, 6.07) is 9.40. The molecule has 1 aromatic carbocycles. The number of ether oxygens (including phenoxy) is 2. The summed E-state index contributed by atoms with van der Waals surface area (Å²) >= 11 is 1.72. The molecule has 0 radical (unpaired) electrons. The maximum absolute atomic E-state index is 13.2. The maximum atomic E-state index is 13.2. The zero-order valence-electron chi connectivity index (χ0n) is 18.1. The lowest BCUT2D eigenvalue weighted by atomic mass is 10.00. The molecular formula is C23H30N2O4S. The van der Waals surface area contributed by atoms with Gasteiger partial charge in [0.2, 0.25) is 11.8 Å². The van der Waals surface area contributed by atoms with E-state index in [0.29, 0.717) is 18.9 Å². The second-order valence-corrected chi connectivity index (χ2v) is 8.55. The van der Waals surface area contributed by atoms with Gasteiger partial charge >= 0.3 is 0 Å². The Hall–Kier alpha value is -2.54. The molecule has 2 heterocycles. The van der Waals surface area contributed by atoms with E-state index in [1.165, 1.54) is 11.8 Å². The third-order valence-corrected chi connectivity index (χ3v) is 6.69. The van der Waals surface area contributed by atoms with Gasteiger partial charge in [-0.25, -0.2) is 0 Å². The Bertz CT molecular complexity index is 882. The van der Waals surface area contributed by atoms with Crippen LogP contribution in [-0.2, 0) is 16.0 Å². The summed E-state index contributed by atoms with van der Waals surface area (Å²) in [7, 11) is 1.62. The summed E-state index contributed by atoms with van der Waals surface area (Å²) in [5, 5.41) is 2.07. The average Bonchev–Trinajstić information content (AvgIpc) is 3.24. The van der Waals surface area contributed by atoms with Crippen molar-refractivity contribution in [3.8, 4) is 11.5 Å². The van der Waals surface area contributed by atoms with Gasteiger partial charge in [-0.05, 0) is 48.9 Å². The number of benzene rings is 1. The zero-order chi connectivity index (χ0) is 21.7. The lowest BCUT2D eigenvalue weighted by molar-refractivity contribution is -0.143. The van der Waals surface area contributed by atoms with Crippen molar-refractivity contribution in [2.75, 3.05) is 26.8 Å². The van der Waals surface area contributed by atoms with Crippen LogP contribution >= 0.6 is 11.3 Å². The Morgan fingerprint density at radius 3 is 2.77 bits per heavy atom. The van der Waals surface area contributed by atoms with E-state index >= 15 is 0 Å². The van der Waals surface area contributed by atoms with E-state index in [2.05, 4.69) is 11.4 Å². The number of nitrogens with zero attached hydrogens (tertiary/aromatic N) is 2. The van der Waals surface area contributed by atoms with Crippen LogP contribution in [-0.4, -0.2) is 54.5 Å². The molecule has 1 aromatic heterocycles. The lowest BCUT2D eigenvalue weighted by Gasteiger charge is -2.37. The van der Waals surface area contributed by atoms with E-state index in [-0.39, 0.29) is 30.4 Å². The van der Waals surface area contributed by atoms with Gasteiger partial charge in [0.15, 0.2) is 0 Å². The number of thiophene rings is 1. The molecule has 1 aliphatic heterocycles. The van der Waals surface area contributed by atoms with Crippen LogP contribution in [0.5, 0.6) is 11.5 Å². The summed E-state index contributed by atoms with van der Waals surface area (Å²) in [4.78, 5) is 30.2. The van der Waals surface area contributed by atoms with Crippen molar-refractivity contribution in [1.82, 2.24) is 9.80 Å². The van der Waals surface area contributed by atoms with Gasteiger partial charge < -0.3 is 19.3 Å². The zero-order valence-corrected chi connectivity index (χ0v) is 18.9. The van der Waals surface area contributed by atoms with Crippen molar-refractivity contribution in [2.24, 2.45) is 0 Å². The van der Waals surface area contributed by atoms with Gasteiger partial charge in [0.05, 0.1) is 19.7 Å². The third-order valence-electron chi connectivity index (χ3n) is 5.70. The summed E-state index contributed by atoms with van der Waals surface area (Å²) < 4.78 is 11.3. The Labute approximate surface area is 182 Å². The van der Waals surface area contributed by atoms with Crippen LogP contribution in [0.2, 0.25) is 0 Å². The summed E-state index contributed by atoms with van der Waals surface area (Å²) in [5.74, 6) is 1.32. The number of methoxy groups -OCH3 is 1. The number of carbonyl (C=O) groups is 2. The fourth-order valence-corrected chi connectivity index (χ4v) is 4.70. The molecule has 0 N–H and O–H groups in total. The standard InChI is InChI=1S/C23H30N2O4S/c1-5-16(2)25(17(3)26)14-23(27)24-11-9-22-20(10-12-30-22)21(24)15-29-19-8-6-7-18(13-19)28-4/h6-8,10,12-13,16,21H,5,9,11,14-15H2,1-4H3/t16-,21-/m1/s1. The second-order valence-electron chi connectivity index (χ2n) is 7.55. The monoisotopic (exact) mass is 430 g/mol. The Morgan fingerprint density at radius 1 is 1.30 bits per heavy atom. The highest BCUT2D eigenvalue weighted by Gasteiger charge is 2.33. The molecule has 162 valence electrons. The fraction of sp³-hybridized carbons (Fsp3) is 0.478. The van der Waals surface area contributed by atoms with Crippen molar-refractivity contribution in [3.05, 3.63) is 46.2 Å². The van der Waals surface area contributed by atoms with Crippen LogP contribution in [0.15, 0.2) is 35.7 Å². The van der Waals surface area contributed by atoms with Crippen LogP contribution in [0.1, 0.15) is 43.7 Å². The minimum atomic E-state index is -0.176. The van der Waals surface area contributed by atoms with E-state index in [0.717, 1.165) is 24.2 Å². The highest BCUT2D eigenvalue weighted by molar-refractivity contribution is 7.10. The molecular weight excluding hydrogens is 400 g/mol. The quantitative estimate of drug-likeness (QED) is 0.637. The van der Waals surface area contributed by atoms with Gasteiger partial charge in [-0.3, -0.25) is 9.59 Å². The maximum Gasteiger partial charge on any atom is 0.242 e. The van der Waals surface area contributed by atoms with Gasteiger partial charge in [0.25, 0.3) is 0 Å². The first kappa shape index (κ1) is 22.2. The number of carbonyl (C=O) groups excluding carboxylic acids is 2. The average molecular weight is 431 g/mol. The molecule has 3 rings (SSSR count). The summed E-state index contributed by atoms with van der Waals surface area (Å²) in [6.07, 6.45) is 1.64. The van der Waals surface area contributed by atoms with Crippen LogP contribution in [0.4, 0.5) is 0 Å². The van der Waals surface area contributed by atoms with Gasteiger partial charge in [-0.15, -0.1) is 11.3 Å². The van der Waals surface area contributed by atoms with Gasteiger partial charge in [-0.2, -0.15) is 0 Å². The van der Waals surface area contributed by atoms with Crippen molar-refractivity contribution in [3.63, 3.8) is 0 Å². The van der Waals surface area contributed by atoms with Gasteiger partial charge in [0, 0.05) is 30.5 Å². The highest BCUT2D eigenvalue weighted by atomic mass is 32.1. The van der Waals surface area contributed by atoms with E-state index in [4.69, 9.17) is 9.47 Å². The van der Waals surface area contributed by atoms with Gasteiger partial charge in [0.1, 0.15) is 18.1 Å². The van der Waals surface area contributed by atoms with E-state index in [1.54, 1.807) is 23.3 Å². The molecule has 1 aliphatic rings. The Morgan fingerprint density at radius 2 is 2.07 bits per heavy atom. The minimum Gasteiger partial charge on any atom is -0.497 e. The lowest BCUT2D eigenvalue weighted by Crippen LogP contribution is -2.49. The number of fused-ring (bicyclic) bond motifs is 1.